The van der Waals surface area contributed by atoms with Gasteiger partial charge in [-0.05, 0) is 6.07 Å². The van der Waals surface area contributed by atoms with Crippen LogP contribution >= 0.6 is 0 Å². The fraction of sp³-hybridized carbons (Fsp3) is 0. The zero-order valence-electron chi connectivity index (χ0n) is 7.25. The largest absolute Gasteiger partial charge is 0.477 e. The number of carboxylic acids is 1. The molecule has 0 fully saturated rings. The Labute approximate surface area is 83.0 Å². The Kier molecular flexibility index (Phi) is 2.97. The van der Waals surface area contributed by atoms with E-state index in [4.69, 9.17) is 5.11 Å². The van der Waals surface area contributed by atoms with Crippen LogP contribution < -0.4 is 4.74 Å². The van der Waals surface area contributed by atoms with Crippen molar-refractivity contribution in [2.45, 2.75) is 0 Å². The molecule has 0 amide bonds. The fourth-order valence-electron chi connectivity index (χ4n) is 0.975. The second-order valence-corrected chi connectivity index (χ2v) is 2.46. The van der Waals surface area contributed by atoms with E-state index in [1.165, 1.54) is 0 Å². The molecule has 1 aromatic carbocycles. The van der Waals surface area contributed by atoms with Crippen molar-refractivity contribution in [1.82, 2.24) is 0 Å². The van der Waals surface area contributed by atoms with Gasteiger partial charge in [0.25, 0.3) is 12.2 Å². The monoisotopic (exact) mass is 211 g/mol. The maximum Gasteiger partial charge on any atom is 0.342 e. The van der Waals surface area contributed by atoms with Gasteiger partial charge in [0, 0.05) is 12.1 Å². The maximum atomic E-state index is 10.6. The number of nitro groups is 1. The number of benzene rings is 1. The van der Waals surface area contributed by atoms with Gasteiger partial charge < -0.3 is 9.84 Å². The SMILES string of the molecule is O=COc1ccc([N+](=O)[O-])c(C(=O)O)c1. The average Bonchev–Trinajstić information content (AvgIpc) is 2.17. The lowest BCUT2D eigenvalue weighted by atomic mass is 10.2. The highest BCUT2D eigenvalue weighted by molar-refractivity contribution is 5.92. The summed E-state index contributed by atoms with van der Waals surface area (Å²) in [5, 5.41) is 19.1. The first-order valence-electron chi connectivity index (χ1n) is 3.68. The number of carbonyl (C=O) groups excluding carboxylic acids is 1. The third kappa shape index (κ3) is 2.27. The van der Waals surface area contributed by atoms with Crippen molar-refractivity contribution in [2.24, 2.45) is 0 Å². The average molecular weight is 211 g/mol. The molecular formula is C8H5NO6. The molecule has 1 rings (SSSR count). The molecule has 0 saturated carbocycles. The molecule has 0 radical (unpaired) electrons. The summed E-state index contributed by atoms with van der Waals surface area (Å²) < 4.78 is 4.36. The van der Waals surface area contributed by atoms with Gasteiger partial charge in [0.15, 0.2) is 0 Å². The second-order valence-electron chi connectivity index (χ2n) is 2.46. The van der Waals surface area contributed by atoms with E-state index in [-0.39, 0.29) is 12.2 Å². The number of hydrogen-bond acceptors (Lipinski definition) is 5. The molecule has 0 heterocycles. The van der Waals surface area contributed by atoms with E-state index in [0.717, 1.165) is 18.2 Å². The molecule has 1 aromatic rings. The smallest absolute Gasteiger partial charge is 0.342 e. The first-order chi connectivity index (χ1) is 7.06. The summed E-state index contributed by atoms with van der Waals surface area (Å²) in [5.74, 6) is -1.52. The molecule has 0 unspecified atom stereocenters. The van der Waals surface area contributed by atoms with Crippen molar-refractivity contribution in [3.63, 3.8) is 0 Å². The molecule has 0 aliphatic heterocycles. The van der Waals surface area contributed by atoms with Gasteiger partial charge in [-0.25, -0.2) is 4.79 Å². The molecule has 78 valence electrons. The van der Waals surface area contributed by atoms with Crippen LogP contribution in [0.3, 0.4) is 0 Å². The topological polar surface area (TPSA) is 107 Å². The van der Waals surface area contributed by atoms with E-state index in [0.29, 0.717) is 0 Å². The maximum absolute atomic E-state index is 10.6. The summed E-state index contributed by atoms with van der Waals surface area (Å²) in [6, 6.07) is 3.01. The third-order valence-corrected chi connectivity index (χ3v) is 1.58. The third-order valence-electron chi connectivity index (χ3n) is 1.58. The lowest BCUT2D eigenvalue weighted by Crippen LogP contribution is -2.03. The number of aromatic carboxylic acids is 1. The highest BCUT2D eigenvalue weighted by Crippen LogP contribution is 2.23. The van der Waals surface area contributed by atoms with Crippen molar-refractivity contribution < 1.29 is 24.4 Å². The van der Waals surface area contributed by atoms with Gasteiger partial charge in [-0.1, -0.05) is 0 Å². The number of hydrogen-bond donors (Lipinski definition) is 1. The summed E-state index contributed by atoms with van der Waals surface area (Å²) in [4.78, 5) is 30.2. The van der Waals surface area contributed by atoms with E-state index < -0.39 is 22.1 Å². The lowest BCUT2D eigenvalue weighted by molar-refractivity contribution is -0.385. The standard InChI is InChI=1S/C8H5NO6/c10-4-15-5-1-2-7(9(13)14)6(3-5)8(11)12/h1-4H,(H,11,12). The molecular weight excluding hydrogens is 206 g/mol. The summed E-state index contributed by atoms with van der Waals surface area (Å²) in [6.45, 7) is 0.104. The molecule has 0 aromatic heterocycles. The van der Waals surface area contributed by atoms with Crippen LogP contribution in [-0.4, -0.2) is 22.5 Å². The fourth-order valence-corrected chi connectivity index (χ4v) is 0.975. The zero-order chi connectivity index (χ0) is 11.4. The molecule has 1 N–H and O–H groups in total. The minimum atomic E-state index is -1.46. The highest BCUT2D eigenvalue weighted by atomic mass is 16.6. The van der Waals surface area contributed by atoms with Crippen molar-refractivity contribution in [3.05, 3.63) is 33.9 Å². The molecule has 0 spiro atoms. The van der Waals surface area contributed by atoms with Crippen molar-refractivity contribution in [3.8, 4) is 5.75 Å². The first kappa shape index (κ1) is 10.6. The molecule has 0 bridgehead atoms. The molecule has 0 saturated heterocycles. The van der Waals surface area contributed by atoms with Gasteiger partial charge in [0.1, 0.15) is 11.3 Å². The number of carbonyl (C=O) groups is 2. The van der Waals surface area contributed by atoms with Crippen LogP contribution in [0.25, 0.3) is 0 Å². The van der Waals surface area contributed by atoms with E-state index in [1.807, 2.05) is 0 Å². The minimum absolute atomic E-state index is 0.0620. The first-order valence-corrected chi connectivity index (χ1v) is 3.68. The zero-order valence-corrected chi connectivity index (χ0v) is 7.25. The summed E-state index contributed by atoms with van der Waals surface area (Å²) in [7, 11) is 0. The number of ether oxygens (including phenoxy) is 1. The number of nitro benzene ring substituents is 1. The molecule has 0 aliphatic rings. The number of carboxylic acid groups (broad SMARTS) is 1. The molecule has 7 nitrogen and oxygen atoms in total. The minimum Gasteiger partial charge on any atom is -0.477 e. The van der Waals surface area contributed by atoms with Gasteiger partial charge in [-0.3, -0.25) is 14.9 Å². The van der Waals surface area contributed by atoms with Gasteiger partial charge in [0.2, 0.25) is 0 Å². The van der Waals surface area contributed by atoms with Crippen LogP contribution in [-0.2, 0) is 4.79 Å². The number of nitrogens with zero attached hydrogens (tertiary/aromatic N) is 1. The van der Waals surface area contributed by atoms with Crippen LogP contribution in [0.1, 0.15) is 10.4 Å². The van der Waals surface area contributed by atoms with Gasteiger partial charge >= 0.3 is 5.97 Å². The highest BCUT2D eigenvalue weighted by Gasteiger charge is 2.20. The predicted octanol–water partition coefficient (Wildman–Crippen LogP) is 0.828. The van der Waals surface area contributed by atoms with E-state index in [9.17, 15) is 19.7 Å². The molecule has 7 heteroatoms. The molecule has 0 aliphatic carbocycles. The Bertz CT molecular complexity index is 427. The lowest BCUT2D eigenvalue weighted by Gasteiger charge is -2.00. The second kappa shape index (κ2) is 4.18. The van der Waals surface area contributed by atoms with Gasteiger partial charge in [-0.15, -0.1) is 0 Å². The summed E-state index contributed by atoms with van der Waals surface area (Å²) >= 11 is 0. The van der Waals surface area contributed by atoms with Crippen LogP contribution in [0.2, 0.25) is 0 Å². The predicted molar refractivity (Wildman–Crippen MR) is 46.7 cm³/mol. The Balaban J connectivity index is 3.26. The normalized spacial score (nSPS) is 9.33. The van der Waals surface area contributed by atoms with E-state index in [1.54, 1.807) is 0 Å². The Hall–Kier alpha value is -2.44. The van der Waals surface area contributed by atoms with Gasteiger partial charge in [-0.2, -0.15) is 0 Å². The Morgan fingerprint density at radius 1 is 1.53 bits per heavy atom. The van der Waals surface area contributed by atoms with Gasteiger partial charge in [0.05, 0.1) is 4.92 Å². The molecule has 15 heavy (non-hydrogen) atoms. The summed E-state index contributed by atoms with van der Waals surface area (Å²) in [5.41, 5.74) is -1.08. The van der Waals surface area contributed by atoms with Crippen molar-refractivity contribution in [2.75, 3.05) is 0 Å². The Morgan fingerprint density at radius 3 is 2.67 bits per heavy atom. The van der Waals surface area contributed by atoms with Crippen LogP contribution in [0.15, 0.2) is 18.2 Å². The van der Waals surface area contributed by atoms with E-state index >= 15 is 0 Å². The Morgan fingerprint density at radius 2 is 2.20 bits per heavy atom. The van der Waals surface area contributed by atoms with Crippen molar-refractivity contribution in [1.29, 1.82) is 0 Å². The molecule has 0 atom stereocenters. The van der Waals surface area contributed by atoms with Crippen LogP contribution in [0, 0.1) is 10.1 Å². The van der Waals surface area contributed by atoms with Crippen LogP contribution in [0.5, 0.6) is 5.75 Å². The van der Waals surface area contributed by atoms with Crippen LogP contribution in [0.4, 0.5) is 5.69 Å². The number of rotatable bonds is 4. The quantitative estimate of drug-likeness (QED) is 0.449. The van der Waals surface area contributed by atoms with Crippen molar-refractivity contribution >= 4 is 18.1 Å². The van der Waals surface area contributed by atoms with E-state index in [2.05, 4.69) is 4.74 Å². The summed E-state index contributed by atoms with van der Waals surface area (Å²) in [6.07, 6.45) is 0.